The van der Waals surface area contributed by atoms with Crippen molar-refractivity contribution in [1.82, 2.24) is 0 Å². The van der Waals surface area contributed by atoms with Crippen LogP contribution in [0.15, 0.2) is 76.8 Å². The molecule has 194 valence electrons. The molecule has 0 aromatic heterocycles. The van der Waals surface area contributed by atoms with Crippen LogP contribution < -0.4 is 9.57 Å². The molecule has 1 aliphatic heterocycles. The van der Waals surface area contributed by atoms with Crippen molar-refractivity contribution in [2.24, 2.45) is 11.1 Å². The third-order valence-electron chi connectivity index (χ3n) is 6.83. The van der Waals surface area contributed by atoms with E-state index < -0.39 is 60.1 Å². The molecule has 11 heteroatoms. The molecule has 1 unspecified atom stereocenters. The van der Waals surface area contributed by atoms with Crippen LogP contribution in [-0.4, -0.2) is 20.7 Å². The molecule has 0 spiro atoms. The minimum atomic E-state index is -4.67. The zero-order chi connectivity index (χ0) is 26.4. The van der Waals surface area contributed by atoms with Crippen molar-refractivity contribution in [3.8, 4) is 11.5 Å². The molecule has 1 aliphatic carbocycles. The Morgan fingerprint density at radius 3 is 2.30 bits per heavy atom. The van der Waals surface area contributed by atoms with Gasteiger partial charge in [-0.25, -0.2) is 17.2 Å². The molecule has 1 saturated carbocycles. The predicted octanol–water partition coefficient (Wildman–Crippen LogP) is 6.28. The van der Waals surface area contributed by atoms with Gasteiger partial charge in [-0.05, 0) is 67.8 Å². The van der Waals surface area contributed by atoms with E-state index in [4.69, 9.17) is 9.57 Å². The van der Waals surface area contributed by atoms with Gasteiger partial charge in [0.25, 0.3) is 0 Å². The zero-order valence-electron chi connectivity index (χ0n) is 19.1. The quantitative estimate of drug-likeness (QED) is 0.290. The number of nitrogens with zero attached hydrogens (tertiary/aromatic N) is 1. The van der Waals surface area contributed by atoms with E-state index in [0.29, 0.717) is 23.6 Å². The van der Waals surface area contributed by atoms with Crippen molar-refractivity contribution >= 4 is 15.5 Å². The van der Waals surface area contributed by atoms with Crippen molar-refractivity contribution in [3.63, 3.8) is 0 Å². The normalized spacial score (nSPS) is 22.6. The second-order valence-electron chi connectivity index (χ2n) is 8.92. The molecule has 5 rings (SSSR count). The number of oxime groups is 1. The van der Waals surface area contributed by atoms with Crippen molar-refractivity contribution in [3.05, 3.63) is 89.5 Å². The SMILES string of the molecule is O=S(=O)(c1ccc(C(F)(F)F)cc1)[C@@]12CC/C(=N/Oc3ccccc3)CC1COc1c(F)ccc(F)c12. The van der Waals surface area contributed by atoms with Crippen LogP contribution >= 0.6 is 0 Å². The fraction of sp³-hybridized carbons (Fsp3) is 0.269. The van der Waals surface area contributed by atoms with Crippen LogP contribution in [0.2, 0.25) is 0 Å². The number of para-hydroxylation sites is 1. The molecule has 1 heterocycles. The summed E-state index contributed by atoms with van der Waals surface area (Å²) < 4.78 is 101. The van der Waals surface area contributed by atoms with E-state index in [0.717, 1.165) is 24.3 Å². The number of hydrogen-bond donors (Lipinski definition) is 0. The molecule has 0 saturated heterocycles. The Balaban J connectivity index is 1.60. The maximum Gasteiger partial charge on any atom is 0.416 e. The fourth-order valence-corrected chi connectivity index (χ4v) is 7.40. The largest absolute Gasteiger partial charge is 0.490 e. The monoisotopic (exact) mass is 537 g/mol. The van der Waals surface area contributed by atoms with E-state index >= 15 is 4.39 Å². The second kappa shape index (κ2) is 9.13. The van der Waals surface area contributed by atoms with Gasteiger partial charge in [-0.1, -0.05) is 23.4 Å². The number of hydrogen-bond acceptors (Lipinski definition) is 5. The highest BCUT2D eigenvalue weighted by Gasteiger charge is 2.59. The van der Waals surface area contributed by atoms with Gasteiger partial charge >= 0.3 is 6.18 Å². The predicted molar refractivity (Wildman–Crippen MR) is 124 cm³/mol. The maximum atomic E-state index is 15.3. The number of benzene rings is 3. The second-order valence-corrected chi connectivity index (χ2v) is 11.1. The molecule has 0 bridgehead atoms. The summed E-state index contributed by atoms with van der Waals surface area (Å²) in [6.45, 7) is -0.266. The van der Waals surface area contributed by atoms with Gasteiger partial charge in [-0.2, -0.15) is 13.2 Å². The van der Waals surface area contributed by atoms with Gasteiger partial charge in [0.2, 0.25) is 0 Å². The van der Waals surface area contributed by atoms with Crippen LogP contribution in [0, 0.1) is 17.6 Å². The lowest BCUT2D eigenvalue weighted by Gasteiger charge is -2.47. The summed E-state index contributed by atoms with van der Waals surface area (Å²) in [5, 5.41) is 4.14. The highest BCUT2D eigenvalue weighted by atomic mass is 32.2. The van der Waals surface area contributed by atoms with Gasteiger partial charge in [0, 0.05) is 5.92 Å². The first-order chi connectivity index (χ1) is 17.5. The lowest BCUT2D eigenvalue weighted by molar-refractivity contribution is -0.137. The Bertz CT molecular complexity index is 1460. The summed E-state index contributed by atoms with van der Waals surface area (Å²) in [5.41, 5.74) is -0.983. The molecule has 1 fully saturated rings. The third kappa shape index (κ3) is 4.24. The van der Waals surface area contributed by atoms with Crippen LogP contribution in [0.1, 0.15) is 30.4 Å². The molecule has 3 aromatic rings. The Labute approximate surface area is 209 Å². The number of alkyl halides is 3. The first-order valence-electron chi connectivity index (χ1n) is 11.3. The van der Waals surface area contributed by atoms with E-state index in [1.54, 1.807) is 30.3 Å². The maximum absolute atomic E-state index is 15.3. The van der Waals surface area contributed by atoms with Crippen LogP contribution in [0.4, 0.5) is 22.0 Å². The van der Waals surface area contributed by atoms with Gasteiger partial charge in [-0.3, -0.25) is 0 Å². The van der Waals surface area contributed by atoms with E-state index in [2.05, 4.69) is 5.16 Å². The molecule has 2 atom stereocenters. The molecule has 0 N–H and O–H groups in total. The van der Waals surface area contributed by atoms with E-state index in [-0.39, 0.29) is 25.9 Å². The molecule has 0 radical (unpaired) electrons. The van der Waals surface area contributed by atoms with Crippen molar-refractivity contribution in [2.45, 2.75) is 35.1 Å². The summed E-state index contributed by atoms with van der Waals surface area (Å²) in [6, 6.07) is 13.3. The van der Waals surface area contributed by atoms with Crippen molar-refractivity contribution in [1.29, 1.82) is 0 Å². The van der Waals surface area contributed by atoms with E-state index in [9.17, 15) is 26.0 Å². The summed E-state index contributed by atoms with van der Waals surface area (Å²) >= 11 is 0. The van der Waals surface area contributed by atoms with Gasteiger partial charge in [0.05, 0.1) is 28.3 Å². The van der Waals surface area contributed by atoms with Crippen LogP contribution in [0.25, 0.3) is 0 Å². The minimum absolute atomic E-state index is 0.0299. The summed E-state index contributed by atoms with van der Waals surface area (Å²) in [6.07, 6.45) is -4.77. The number of fused-ring (bicyclic) bond motifs is 3. The zero-order valence-corrected chi connectivity index (χ0v) is 20.0. The number of halogens is 5. The standard InChI is InChI=1S/C26H20F5NO4S/c27-21-10-11-22(28)24-23(21)25(37(33,34)20-8-6-16(7-9-20)26(29,30)31)13-12-18(14-17(25)15-35-24)32-36-19-4-2-1-3-5-19/h1-11,17H,12-15H2/b32-18-/t17?,25-/m0/s1. The number of rotatable bonds is 4. The van der Waals surface area contributed by atoms with E-state index in [1.165, 1.54) is 0 Å². The van der Waals surface area contributed by atoms with Crippen LogP contribution in [-0.2, 0) is 20.8 Å². The molecule has 37 heavy (non-hydrogen) atoms. The average molecular weight is 538 g/mol. The third-order valence-corrected chi connectivity index (χ3v) is 9.43. The van der Waals surface area contributed by atoms with Gasteiger partial charge < -0.3 is 9.57 Å². The summed E-state index contributed by atoms with van der Waals surface area (Å²) in [5.74, 6) is -2.85. The average Bonchev–Trinajstić information content (AvgIpc) is 2.89. The molecular weight excluding hydrogens is 517 g/mol. The molecule has 0 amide bonds. The van der Waals surface area contributed by atoms with Gasteiger partial charge in [-0.15, -0.1) is 0 Å². The Morgan fingerprint density at radius 1 is 0.946 bits per heavy atom. The lowest BCUT2D eigenvalue weighted by atomic mass is 9.72. The smallest absolute Gasteiger partial charge is 0.416 e. The van der Waals surface area contributed by atoms with Gasteiger partial charge in [0.15, 0.2) is 27.2 Å². The van der Waals surface area contributed by atoms with Crippen LogP contribution in [0.5, 0.6) is 11.5 Å². The van der Waals surface area contributed by atoms with E-state index in [1.807, 2.05) is 0 Å². The Kier molecular flexibility index (Phi) is 6.21. The molecule has 2 aliphatic rings. The number of ether oxygens (including phenoxy) is 1. The summed E-state index contributed by atoms with van der Waals surface area (Å²) in [4.78, 5) is 5.01. The highest BCUT2D eigenvalue weighted by molar-refractivity contribution is 7.92. The Hall–Kier alpha value is -3.47. The fourth-order valence-electron chi connectivity index (χ4n) is 5.06. The summed E-state index contributed by atoms with van der Waals surface area (Å²) in [7, 11) is -4.54. The highest BCUT2D eigenvalue weighted by Crippen LogP contribution is 2.56. The van der Waals surface area contributed by atoms with Crippen LogP contribution in [0.3, 0.4) is 0 Å². The first kappa shape index (κ1) is 25.2. The topological polar surface area (TPSA) is 65.0 Å². The molecule has 5 nitrogen and oxygen atoms in total. The van der Waals surface area contributed by atoms with Crippen molar-refractivity contribution < 1.29 is 39.9 Å². The first-order valence-corrected chi connectivity index (χ1v) is 12.8. The molecular formula is C26H20F5NO4S. The minimum Gasteiger partial charge on any atom is -0.490 e. The number of sulfone groups is 1. The van der Waals surface area contributed by atoms with Gasteiger partial charge in [0.1, 0.15) is 10.6 Å². The lowest BCUT2D eigenvalue weighted by Crippen LogP contribution is -2.52. The molecule has 3 aromatic carbocycles. The van der Waals surface area contributed by atoms with Crippen molar-refractivity contribution in [2.75, 3.05) is 6.61 Å². The Morgan fingerprint density at radius 2 is 1.62 bits per heavy atom.